The molecule has 0 atom stereocenters. The van der Waals surface area contributed by atoms with Crippen molar-refractivity contribution in [2.75, 3.05) is 11.4 Å². The molecule has 0 spiro atoms. The minimum atomic E-state index is 0.488. The summed E-state index contributed by atoms with van der Waals surface area (Å²) in [5.41, 5.74) is 2.69. The lowest BCUT2D eigenvalue weighted by Gasteiger charge is -2.36. The first-order valence-corrected chi connectivity index (χ1v) is 8.78. The summed E-state index contributed by atoms with van der Waals surface area (Å²) in [6.07, 6.45) is 6.79. The van der Waals surface area contributed by atoms with Crippen molar-refractivity contribution >= 4 is 17.3 Å². The Morgan fingerprint density at radius 3 is 2.57 bits per heavy atom. The quantitative estimate of drug-likeness (QED) is 0.796. The molecule has 1 aromatic rings. The average molecular weight is 309 g/mol. The van der Waals surface area contributed by atoms with Gasteiger partial charge in [-0.1, -0.05) is 44.7 Å². The van der Waals surface area contributed by atoms with Crippen molar-refractivity contribution in [1.82, 2.24) is 5.32 Å². The van der Waals surface area contributed by atoms with E-state index in [1.807, 2.05) is 6.07 Å². The van der Waals surface area contributed by atoms with Gasteiger partial charge in [0.15, 0.2) is 0 Å². The second-order valence-electron chi connectivity index (χ2n) is 6.39. The Kier molecular flexibility index (Phi) is 6.38. The molecular formula is C18H29ClN2. The zero-order valence-corrected chi connectivity index (χ0v) is 14.4. The van der Waals surface area contributed by atoms with Crippen molar-refractivity contribution in [3.05, 3.63) is 28.8 Å². The summed E-state index contributed by atoms with van der Waals surface area (Å²) in [5.74, 6) is 0. The molecule has 3 heteroatoms. The van der Waals surface area contributed by atoms with Crippen LogP contribution in [0.2, 0.25) is 5.02 Å². The minimum Gasteiger partial charge on any atom is -0.369 e. The van der Waals surface area contributed by atoms with Crippen LogP contribution >= 0.6 is 11.6 Å². The van der Waals surface area contributed by atoms with Gasteiger partial charge < -0.3 is 10.2 Å². The third kappa shape index (κ3) is 4.62. The summed E-state index contributed by atoms with van der Waals surface area (Å²) < 4.78 is 0. The number of rotatable bonds is 6. The normalized spacial score (nSPS) is 16.4. The lowest BCUT2D eigenvalue weighted by molar-refractivity contribution is 0.417. The van der Waals surface area contributed by atoms with Gasteiger partial charge in [0.2, 0.25) is 0 Å². The molecule has 0 bridgehead atoms. The van der Waals surface area contributed by atoms with Crippen LogP contribution in [0.15, 0.2) is 18.2 Å². The molecule has 0 amide bonds. The Labute approximate surface area is 134 Å². The van der Waals surface area contributed by atoms with Crippen molar-refractivity contribution in [3.8, 4) is 0 Å². The number of nitrogens with one attached hydrogen (secondary N) is 1. The number of halogens is 1. The highest BCUT2D eigenvalue weighted by molar-refractivity contribution is 6.30. The number of benzene rings is 1. The number of anilines is 1. The summed E-state index contributed by atoms with van der Waals surface area (Å²) >= 11 is 6.22. The van der Waals surface area contributed by atoms with Gasteiger partial charge in [-0.15, -0.1) is 0 Å². The second kappa shape index (κ2) is 8.05. The van der Waals surface area contributed by atoms with Crippen LogP contribution < -0.4 is 10.2 Å². The molecule has 0 heterocycles. The van der Waals surface area contributed by atoms with Gasteiger partial charge in [0.25, 0.3) is 0 Å². The van der Waals surface area contributed by atoms with Crippen molar-refractivity contribution < 1.29 is 0 Å². The molecule has 1 fully saturated rings. The van der Waals surface area contributed by atoms with E-state index in [4.69, 9.17) is 11.6 Å². The first-order valence-electron chi connectivity index (χ1n) is 8.40. The van der Waals surface area contributed by atoms with Crippen LogP contribution in [0.3, 0.4) is 0 Å². The van der Waals surface area contributed by atoms with Gasteiger partial charge in [0.1, 0.15) is 0 Å². The third-order valence-corrected chi connectivity index (χ3v) is 4.64. The first kappa shape index (κ1) is 16.6. The SMILES string of the molecule is CCN(c1ccc(Cl)cc1CNC(C)C)C1CCCCC1. The second-order valence-corrected chi connectivity index (χ2v) is 6.82. The lowest BCUT2D eigenvalue weighted by Crippen LogP contribution is -2.37. The van der Waals surface area contributed by atoms with Crippen LogP contribution in [-0.2, 0) is 6.54 Å². The number of hydrogen-bond donors (Lipinski definition) is 1. The molecule has 0 aromatic heterocycles. The Morgan fingerprint density at radius 2 is 1.95 bits per heavy atom. The highest BCUT2D eigenvalue weighted by atomic mass is 35.5. The van der Waals surface area contributed by atoms with Crippen molar-refractivity contribution in [1.29, 1.82) is 0 Å². The maximum atomic E-state index is 6.22. The van der Waals surface area contributed by atoms with Gasteiger partial charge in [0, 0.05) is 35.9 Å². The molecule has 1 saturated carbocycles. The van der Waals surface area contributed by atoms with Crippen LogP contribution in [0.5, 0.6) is 0 Å². The molecule has 0 saturated heterocycles. The molecule has 118 valence electrons. The highest BCUT2D eigenvalue weighted by Gasteiger charge is 2.22. The average Bonchev–Trinajstić information content (AvgIpc) is 2.48. The molecule has 2 rings (SSSR count). The van der Waals surface area contributed by atoms with Gasteiger partial charge in [-0.3, -0.25) is 0 Å². The summed E-state index contributed by atoms with van der Waals surface area (Å²) in [6, 6.07) is 7.54. The Morgan fingerprint density at radius 1 is 1.24 bits per heavy atom. The Balaban J connectivity index is 2.22. The van der Waals surface area contributed by atoms with E-state index in [1.54, 1.807) is 0 Å². The van der Waals surface area contributed by atoms with Crippen LogP contribution in [0.25, 0.3) is 0 Å². The summed E-state index contributed by atoms with van der Waals surface area (Å²) in [4.78, 5) is 2.59. The minimum absolute atomic E-state index is 0.488. The monoisotopic (exact) mass is 308 g/mol. The molecule has 1 aliphatic carbocycles. The van der Waals surface area contributed by atoms with Crippen molar-refractivity contribution in [2.45, 2.75) is 71.5 Å². The van der Waals surface area contributed by atoms with Gasteiger partial charge in [-0.05, 0) is 43.5 Å². The molecule has 0 radical (unpaired) electrons. The zero-order chi connectivity index (χ0) is 15.2. The molecule has 0 unspecified atom stereocenters. The fourth-order valence-corrected chi connectivity index (χ4v) is 3.50. The standard InChI is InChI=1S/C18H29ClN2/c1-4-21(17-8-6-5-7-9-17)18-11-10-16(19)12-15(18)13-20-14(2)3/h10-12,14,17,20H,4-9,13H2,1-3H3. The molecule has 21 heavy (non-hydrogen) atoms. The molecule has 0 aliphatic heterocycles. The first-order chi connectivity index (χ1) is 10.1. The van der Waals surface area contributed by atoms with E-state index in [9.17, 15) is 0 Å². The smallest absolute Gasteiger partial charge is 0.0415 e. The molecule has 1 aliphatic rings. The van der Waals surface area contributed by atoms with Gasteiger partial charge in [0.05, 0.1) is 0 Å². The maximum Gasteiger partial charge on any atom is 0.0415 e. The number of hydrogen-bond acceptors (Lipinski definition) is 2. The van der Waals surface area contributed by atoms with Crippen LogP contribution in [-0.4, -0.2) is 18.6 Å². The summed E-state index contributed by atoms with van der Waals surface area (Å²) in [7, 11) is 0. The van der Waals surface area contributed by atoms with Gasteiger partial charge in [-0.2, -0.15) is 0 Å². The van der Waals surface area contributed by atoms with Crippen LogP contribution in [0.1, 0.15) is 58.4 Å². The lowest BCUT2D eigenvalue weighted by atomic mass is 9.93. The summed E-state index contributed by atoms with van der Waals surface area (Å²) in [5, 5.41) is 4.36. The third-order valence-electron chi connectivity index (χ3n) is 4.41. The van der Waals surface area contributed by atoms with Crippen LogP contribution in [0, 0.1) is 0 Å². The van der Waals surface area contributed by atoms with E-state index in [-0.39, 0.29) is 0 Å². The van der Waals surface area contributed by atoms with E-state index in [1.165, 1.54) is 43.4 Å². The largest absolute Gasteiger partial charge is 0.369 e. The van der Waals surface area contributed by atoms with Crippen molar-refractivity contribution in [2.24, 2.45) is 0 Å². The Bertz CT molecular complexity index is 439. The summed E-state index contributed by atoms with van der Waals surface area (Å²) in [6.45, 7) is 8.59. The Hall–Kier alpha value is -0.730. The van der Waals surface area contributed by atoms with E-state index >= 15 is 0 Å². The van der Waals surface area contributed by atoms with Crippen molar-refractivity contribution in [3.63, 3.8) is 0 Å². The topological polar surface area (TPSA) is 15.3 Å². The van der Waals surface area contributed by atoms with E-state index in [0.717, 1.165) is 18.1 Å². The highest BCUT2D eigenvalue weighted by Crippen LogP contribution is 2.31. The van der Waals surface area contributed by atoms with E-state index in [2.05, 4.69) is 43.1 Å². The fraction of sp³-hybridized carbons (Fsp3) is 0.667. The molecule has 1 N–H and O–H groups in total. The predicted molar refractivity (Wildman–Crippen MR) is 93.3 cm³/mol. The molecule has 2 nitrogen and oxygen atoms in total. The predicted octanol–water partition coefficient (Wildman–Crippen LogP) is 5.00. The van der Waals surface area contributed by atoms with E-state index < -0.39 is 0 Å². The molecule has 1 aromatic carbocycles. The van der Waals surface area contributed by atoms with Gasteiger partial charge in [-0.25, -0.2) is 0 Å². The maximum absolute atomic E-state index is 6.22. The van der Waals surface area contributed by atoms with E-state index in [0.29, 0.717) is 12.1 Å². The van der Waals surface area contributed by atoms with Gasteiger partial charge >= 0.3 is 0 Å². The molecular weight excluding hydrogens is 280 g/mol. The zero-order valence-electron chi connectivity index (χ0n) is 13.7. The fourth-order valence-electron chi connectivity index (χ4n) is 3.31. The number of nitrogens with zero attached hydrogens (tertiary/aromatic N) is 1. The van der Waals surface area contributed by atoms with Crippen LogP contribution in [0.4, 0.5) is 5.69 Å².